The van der Waals surface area contributed by atoms with Crippen molar-refractivity contribution in [2.45, 2.75) is 26.2 Å². The minimum absolute atomic E-state index is 0.833. The molecule has 0 radical (unpaired) electrons. The zero-order valence-electron chi connectivity index (χ0n) is 17.4. The second kappa shape index (κ2) is 22.0. The van der Waals surface area contributed by atoms with Gasteiger partial charge in [0.15, 0.2) is 0 Å². The Hall–Kier alpha value is -0.663. The largest absolute Gasteiger partial charge is 0.668 e. The normalized spacial score (nSPS) is 11.2. The zero-order valence-corrected chi connectivity index (χ0v) is 18.4. The van der Waals surface area contributed by atoms with E-state index in [0.717, 1.165) is 19.6 Å². The lowest BCUT2D eigenvalue weighted by Gasteiger charge is -2.04. The summed E-state index contributed by atoms with van der Waals surface area (Å²) >= 11 is 0. The summed E-state index contributed by atoms with van der Waals surface area (Å²) in [6.07, 6.45) is 0. The lowest BCUT2D eigenvalue weighted by atomic mass is 10.9. The summed E-state index contributed by atoms with van der Waals surface area (Å²) in [5.74, 6) is 0. The zero-order chi connectivity index (χ0) is 25.1. The molecule has 0 aliphatic rings. The lowest BCUT2D eigenvalue weighted by molar-refractivity contribution is 0.00818. The molecule has 29 heavy (non-hydrogen) atoms. The van der Waals surface area contributed by atoms with Crippen LogP contribution in [-0.2, 0) is 0 Å². The number of alkyl halides is 8. The van der Waals surface area contributed by atoms with Crippen LogP contribution in [-0.4, -0.2) is 130 Å². The number of rotatable bonds is 4. The van der Waals surface area contributed by atoms with Gasteiger partial charge in [-0.15, -0.1) is 0 Å². The summed E-state index contributed by atoms with van der Waals surface area (Å²) < 4.78 is 88.7. The van der Waals surface area contributed by atoms with Gasteiger partial charge in [0.25, 0.3) is 26.2 Å². The molecule has 0 unspecified atom stereocenters. The molecule has 0 atom stereocenters. The molecule has 0 aliphatic carbocycles. The Labute approximate surface area is 166 Å². The van der Waals surface area contributed by atoms with Crippen LogP contribution >= 0.6 is 0 Å². The molecule has 0 saturated heterocycles. The first-order valence-electron chi connectivity index (χ1n) is 7.25. The summed E-state index contributed by atoms with van der Waals surface area (Å²) in [5.41, 5.74) is 0. The molecular weight excluding hydrogens is 444 g/mol. The fourth-order valence-corrected chi connectivity index (χ4v) is 0. The van der Waals surface area contributed by atoms with Gasteiger partial charge in [-0.25, -0.2) is 0 Å². The van der Waals surface area contributed by atoms with Gasteiger partial charge in [0.05, 0.1) is 0 Å². The maximum atomic E-state index is 11.1. The van der Waals surface area contributed by atoms with Crippen molar-refractivity contribution in [1.29, 1.82) is 0 Å². The van der Waals surface area contributed by atoms with Crippen LogP contribution in [0.3, 0.4) is 0 Å². The van der Waals surface area contributed by atoms with E-state index in [1.165, 1.54) is 56.4 Å². The number of halogens is 8. The molecule has 0 spiro atoms. The van der Waals surface area contributed by atoms with Gasteiger partial charge >= 0.3 is 9.05 Å². The highest BCUT2D eigenvalue weighted by molar-refractivity contribution is 6.46. The van der Waals surface area contributed by atoms with Crippen molar-refractivity contribution in [2.75, 3.05) is 56.4 Å². The molecule has 0 fully saturated rings. The fraction of sp³-hybridized carbons (Fsp3) is 1.00. The van der Waals surface area contributed by atoms with E-state index in [2.05, 4.69) is 0 Å². The lowest BCUT2D eigenvalue weighted by Crippen LogP contribution is -2.33. The average Bonchev–Trinajstić information content (AvgIpc) is 2.46. The quantitative estimate of drug-likeness (QED) is 0.265. The van der Waals surface area contributed by atoms with Crippen LogP contribution in [0.1, 0.15) is 0 Å². The van der Waals surface area contributed by atoms with Crippen molar-refractivity contribution < 1.29 is 54.3 Å². The first kappa shape index (κ1) is 38.9. The third-order valence-corrected chi connectivity index (χ3v) is 1.56. The minimum Gasteiger partial charge on any atom is -0.368 e. The molecule has 0 aromatic heterocycles. The topological polar surface area (TPSA) is 93.9 Å². The fourth-order valence-electron chi connectivity index (χ4n) is 0. The van der Waals surface area contributed by atoms with Crippen LogP contribution < -0.4 is 0 Å². The average molecular weight is 476 g/mol. The van der Waals surface area contributed by atoms with E-state index in [1.54, 1.807) is 0 Å². The van der Waals surface area contributed by atoms with Gasteiger partial charge < -0.3 is 19.2 Å². The van der Waals surface area contributed by atoms with Gasteiger partial charge in [-0.1, -0.05) is 0 Å². The third kappa shape index (κ3) is 74.6. The van der Waals surface area contributed by atoms with Crippen LogP contribution in [0.4, 0.5) is 35.1 Å². The van der Waals surface area contributed by atoms with Crippen molar-refractivity contribution in [3.63, 3.8) is 0 Å². The summed E-state index contributed by atoms with van der Waals surface area (Å²) in [6, 6.07) is 0. The molecule has 0 aromatic carbocycles. The molecule has 0 amide bonds. The molecule has 0 rings (SSSR count). The Balaban J connectivity index is -0.0000000829. The van der Waals surface area contributed by atoms with E-state index in [1.807, 2.05) is 0 Å². The molecular formula is C12H32F8N4O4Si. The minimum atomic E-state index is -4.61. The first-order valence-corrected chi connectivity index (χ1v) is 9.04. The van der Waals surface area contributed by atoms with Crippen molar-refractivity contribution in [3.05, 3.63) is 0 Å². The second-order valence-electron chi connectivity index (χ2n) is 5.57. The molecule has 0 bridgehead atoms. The summed E-state index contributed by atoms with van der Waals surface area (Å²) in [5, 5.41) is 0. The first-order chi connectivity index (χ1) is 12.6. The Morgan fingerprint density at radius 3 is 0.448 bits per heavy atom. The van der Waals surface area contributed by atoms with Crippen molar-refractivity contribution in [3.8, 4) is 0 Å². The molecule has 0 saturated carbocycles. The summed E-state index contributed by atoms with van der Waals surface area (Å²) in [6.45, 7) is -9.26. The van der Waals surface area contributed by atoms with E-state index >= 15 is 0 Å². The summed E-state index contributed by atoms with van der Waals surface area (Å²) in [7, 11) is 5.98. The van der Waals surface area contributed by atoms with Gasteiger partial charge in [-0.05, 0) is 56.4 Å². The summed E-state index contributed by atoms with van der Waals surface area (Å²) in [4.78, 5) is 32.6. The van der Waals surface area contributed by atoms with Crippen LogP contribution in [0.5, 0.6) is 0 Å². The van der Waals surface area contributed by atoms with E-state index < -0.39 is 35.2 Å². The van der Waals surface area contributed by atoms with Crippen molar-refractivity contribution in [1.82, 2.24) is 19.6 Å². The number of hydrogen-bond acceptors (Lipinski definition) is 8. The van der Waals surface area contributed by atoms with Crippen LogP contribution in [0.2, 0.25) is 0 Å². The van der Waals surface area contributed by atoms with E-state index in [9.17, 15) is 35.1 Å². The molecule has 0 aromatic rings. The van der Waals surface area contributed by atoms with Crippen molar-refractivity contribution >= 4 is 9.05 Å². The maximum Gasteiger partial charge on any atom is 0.668 e. The number of nitrogens with zero attached hydrogens (tertiary/aromatic N) is 4. The second-order valence-corrected chi connectivity index (χ2v) is 6.77. The van der Waals surface area contributed by atoms with Gasteiger partial charge in [-0.2, -0.15) is 35.1 Å². The van der Waals surface area contributed by atoms with Crippen molar-refractivity contribution in [2.24, 2.45) is 0 Å². The maximum absolute atomic E-state index is 11.1. The van der Waals surface area contributed by atoms with E-state index in [-0.39, 0.29) is 0 Å². The van der Waals surface area contributed by atoms with E-state index in [4.69, 9.17) is 19.2 Å². The number of hydrogen-bond donors (Lipinski definition) is 4. The molecule has 184 valence electrons. The Bertz CT molecular complexity index is 249. The smallest absolute Gasteiger partial charge is 0.368 e. The van der Waals surface area contributed by atoms with Gasteiger partial charge in [0.1, 0.15) is 0 Å². The van der Waals surface area contributed by atoms with Crippen LogP contribution in [0, 0.1) is 0 Å². The van der Waals surface area contributed by atoms with Gasteiger partial charge in [0.2, 0.25) is 0 Å². The molecule has 0 aliphatic heterocycles. The highest BCUT2D eigenvalue weighted by atomic mass is 28.4. The monoisotopic (exact) mass is 476 g/mol. The standard InChI is InChI=1S/4C3H7F2N.H4O4Si/c4*1-6(2)3(4)5;1-5(2,3)4/h4*3H,1-2H3;1-4H. The Morgan fingerprint density at radius 1 is 0.414 bits per heavy atom. The SMILES string of the molecule is CN(C)C(F)F.CN(C)C(F)F.CN(C)C(F)F.CN(C)C(F)F.O[Si](O)(O)O. The molecule has 4 N–H and O–H groups in total. The van der Waals surface area contributed by atoms with Crippen LogP contribution in [0.15, 0.2) is 0 Å². The Morgan fingerprint density at radius 2 is 0.448 bits per heavy atom. The molecule has 8 nitrogen and oxygen atoms in total. The Kier molecular flexibility index (Phi) is 29.5. The predicted octanol–water partition coefficient (Wildman–Crippen LogP) is 0.474. The van der Waals surface area contributed by atoms with Gasteiger partial charge in [0, 0.05) is 0 Å². The van der Waals surface area contributed by atoms with E-state index in [0.29, 0.717) is 0 Å². The van der Waals surface area contributed by atoms with Gasteiger partial charge in [-0.3, -0.25) is 19.6 Å². The highest BCUT2D eigenvalue weighted by Crippen LogP contribution is 1.93. The third-order valence-electron chi connectivity index (χ3n) is 1.56. The molecule has 0 heterocycles. The van der Waals surface area contributed by atoms with Crippen LogP contribution in [0.25, 0.3) is 0 Å². The molecule has 17 heteroatoms. The highest BCUT2D eigenvalue weighted by Gasteiger charge is 2.22. The predicted molar refractivity (Wildman–Crippen MR) is 93.4 cm³/mol.